The molecule has 3 aromatic rings. The minimum Gasteiger partial charge on any atom is -0.378 e. The van der Waals surface area contributed by atoms with Crippen molar-refractivity contribution in [2.24, 2.45) is 5.92 Å². The number of aromatic amines is 1. The molecule has 7 heteroatoms. The zero-order valence-corrected chi connectivity index (χ0v) is 19.5. The molecule has 0 radical (unpaired) electrons. The van der Waals surface area contributed by atoms with Crippen molar-refractivity contribution < 1.29 is 14.3 Å². The summed E-state index contributed by atoms with van der Waals surface area (Å²) < 4.78 is 5.43. The van der Waals surface area contributed by atoms with Gasteiger partial charge in [0, 0.05) is 30.6 Å². The number of benzene rings is 2. The molecule has 1 aromatic heterocycles. The SMILES string of the molecule is Cc1cc(NC(=O)NCCC(C)C)c2[nH]c(C(=O)N3CCOCC3)c(-c3ccccc3)c2c1. The number of hydrogen-bond acceptors (Lipinski definition) is 3. The van der Waals surface area contributed by atoms with Crippen LogP contribution in [0.15, 0.2) is 42.5 Å². The number of hydrogen-bond donors (Lipinski definition) is 3. The van der Waals surface area contributed by atoms with Gasteiger partial charge in [0.1, 0.15) is 5.69 Å². The number of anilines is 1. The van der Waals surface area contributed by atoms with Gasteiger partial charge in [0.2, 0.25) is 0 Å². The van der Waals surface area contributed by atoms with Crippen LogP contribution < -0.4 is 10.6 Å². The van der Waals surface area contributed by atoms with Crippen molar-refractivity contribution in [3.05, 3.63) is 53.7 Å². The van der Waals surface area contributed by atoms with E-state index >= 15 is 0 Å². The molecule has 3 amide bonds. The maximum atomic E-state index is 13.5. The first-order chi connectivity index (χ1) is 15.9. The minimum atomic E-state index is -0.250. The fourth-order valence-electron chi connectivity index (χ4n) is 4.17. The van der Waals surface area contributed by atoms with Crippen molar-refractivity contribution in [2.75, 3.05) is 38.2 Å². The highest BCUT2D eigenvalue weighted by Gasteiger charge is 2.26. The predicted molar refractivity (Wildman–Crippen MR) is 132 cm³/mol. The van der Waals surface area contributed by atoms with Crippen molar-refractivity contribution in [2.45, 2.75) is 27.2 Å². The number of amides is 3. The summed E-state index contributed by atoms with van der Waals surface area (Å²) in [4.78, 5) is 31.3. The molecule has 4 rings (SSSR count). The van der Waals surface area contributed by atoms with Gasteiger partial charge in [-0.25, -0.2) is 4.79 Å². The number of carbonyl (C=O) groups is 2. The number of ether oxygens (including phenoxy) is 1. The van der Waals surface area contributed by atoms with Gasteiger partial charge in [-0.05, 0) is 42.5 Å². The van der Waals surface area contributed by atoms with E-state index in [1.807, 2.05) is 48.2 Å². The highest BCUT2D eigenvalue weighted by molar-refractivity contribution is 6.13. The van der Waals surface area contributed by atoms with Gasteiger partial charge in [-0.15, -0.1) is 0 Å². The Balaban J connectivity index is 1.76. The molecule has 0 unspecified atom stereocenters. The van der Waals surface area contributed by atoms with Gasteiger partial charge >= 0.3 is 6.03 Å². The lowest BCUT2D eigenvalue weighted by Crippen LogP contribution is -2.41. The molecule has 0 spiro atoms. The smallest absolute Gasteiger partial charge is 0.319 e. The monoisotopic (exact) mass is 448 g/mol. The van der Waals surface area contributed by atoms with Crippen molar-refractivity contribution in [1.82, 2.24) is 15.2 Å². The number of rotatable bonds is 6. The van der Waals surface area contributed by atoms with Crippen molar-refractivity contribution in [3.63, 3.8) is 0 Å². The first-order valence-electron chi connectivity index (χ1n) is 11.6. The average molecular weight is 449 g/mol. The van der Waals surface area contributed by atoms with Gasteiger partial charge < -0.3 is 25.3 Å². The van der Waals surface area contributed by atoms with Crippen LogP contribution in [0.1, 0.15) is 36.3 Å². The van der Waals surface area contributed by atoms with Gasteiger partial charge in [0.25, 0.3) is 5.91 Å². The first kappa shape index (κ1) is 22.9. The van der Waals surface area contributed by atoms with Gasteiger partial charge in [-0.1, -0.05) is 44.2 Å². The van der Waals surface area contributed by atoms with Gasteiger partial charge in [-0.3, -0.25) is 4.79 Å². The molecule has 3 N–H and O–H groups in total. The van der Waals surface area contributed by atoms with Crippen molar-refractivity contribution >= 4 is 28.5 Å². The number of morpholine rings is 1. The van der Waals surface area contributed by atoms with Crippen LogP contribution in [0.4, 0.5) is 10.5 Å². The van der Waals surface area contributed by atoms with Crippen LogP contribution in [-0.2, 0) is 4.74 Å². The van der Waals surface area contributed by atoms with Crippen LogP contribution in [0.3, 0.4) is 0 Å². The van der Waals surface area contributed by atoms with E-state index in [4.69, 9.17) is 4.74 Å². The van der Waals surface area contributed by atoms with Gasteiger partial charge in [0.15, 0.2) is 0 Å². The largest absolute Gasteiger partial charge is 0.378 e. The van der Waals surface area contributed by atoms with Crippen molar-refractivity contribution in [3.8, 4) is 11.1 Å². The molecule has 0 aliphatic carbocycles. The molecule has 1 saturated heterocycles. The zero-order chi connectivity index (χ0) is 23.4. The summed E-state index contributed by atoms with van der Waals surface area (Å²) >= 11 is 0. The maximum absolute atomic E-state index is 13.5. The third-order valence-corrected chi connectivity index (χ3v) is 5.88. The number of H-pyrrole nitrogens is 1. The molecule has 7 nitrogen and oxygen atoms in total. The highest BCUT2D eigenvalue weighted by atomic mass is 16.5. The molecular weight excluding hydrogens is 416 g/mol. The van der Waals surface area contributed by atoms with E-state index in [9.17, 15) is 9.59 Å². The Morgan fingerprint density at radius 1 is 1.12 bits per heavy atom. The molecule has 2 aromatic carbocycles. The lowest BCUT2D eigenvalue weighted by atomic mass is 9.99. The van der Waals surface area contributed by atoms with E-state index in [0.29, 0.717) is 50.1 Å². The minimum absolute atomic E-state index is 0.0571. The summed E-state index contributed by atoms with van der Waals surface area (Å²) in [7, 11) is 0. The third-order valence-electron chi connectivity index (χ3n) is 5.88. The molecule has 1 aliphatic rings. The number of aromatic nitrogens is 1. The number of carbonyl (C=O) groups excluding carboxylic acids is 2. The molecule has 1 fully saturated rings. The number of nitrogens with zero attached hydrogens (tertiary/aromatic N) is 1. The third kappa shape index (κ3) is 5.20. The number of aryl methyl sites for hydroxylation is 1. The second kappa shape index (κ2) is 10.1. The lowest BCUT2D eigenvalue weighted by molar-refractivity contribution is 0.0300. The second-order valence-electron chi connectivity index (χ2n) is 8.94. The topological polar surface area (TPSA) is 86.5 Å². The molecule has 2 heterocycles. The zero-order valence-electron chi connectivity index (χ0n) is 19.5. The first-order valence-corrected chi connectivity index (χ1v) is 11.6. The van der Waals surface area contributed by atoms with E-state index < -0.39 is 0 Å². The summed E-state index contributed by atoms with van der Waals surface area (Å²) in [5, 5.41) is 6.82. The standard InChI is InChI=1S/C26H32N4O3/c1-17(2)9-10-27-26(32)28-21-16-18(3)15-20-22(19-7-5-4-6-8-19)24(29-23(20)21)25(31)30-11-13-33-14-12-30/h4-8,15-17,29H,9-14H2,1-3H3,(H2,27,28,32). The summed E-state index contributed by atoms with van der Waals surface area (Å²) in [5.41, 5.74) is 4.75. The number of nitrogens with one attached hydrogen (secondary N) is 3. The van der Waals surface area contributed by atoms with Crippen LogP contribution in [0.5, 0.6) is 0 Å². The predicted octanol–water partition coefficient (Wildman–Crippen LogP) is 4.78. The van der Waals surface area contributed by atoms with Crippen LogP contribution in [0.2, 0.25) is 0 Å². The summed E-state index contributed by atoms with van der Waals surface area (Å²) in [6, 6.07) is 13.6. The number of urea groups is 1. The highest BCUT2D eigenvalue weighted by Crippen LogP contribution is 2.37. The Labute approximate surface area is 194 Å². The molecule has 0 atom stereocenters. The fraction of sp³-hybridized carbons (Fsp3) is 0.385. The van der Waals surface area contributed by atoms with Gasteiger partial charge in [0.05, 0.1) is 24.4 Å². The van der Waals surface area contributed by atoms with Crippen LogP contribution >= 0.6 is 0 Å². The Morgan fingerprint density at radius 3 is 2.55 bits per heavy atom. The van der Waals surface area contributed by atoms with Crippen molar-refractivity contribution in [1.29, 1.82) is 0 Å². The lowest BCUT2D eigenvalue weighted by Gasteiger charge is -2.26. The van der Waals surface area contributed by atoms with E-state index in [1.54, 1.807) is 0 Å². The summed E-state index contributed by atoms with van der Waals surface area (Å²) in [6.45, 7) is 9.05. The Kier molecular flexibility index (Phi) is 6.99. The van der Waals surface area contributed by atoms with E-state index in [2.05, 4.69) is 35.5 Å². The fourth-order valence-corrected chi connectivity index (χ4v) is 4.17. The molecule has 33 heavy (non-hydrogen) atoms. The second-order valence-corrected chi connectivity index (χ2v) is 8.94. The molecule has 0 saturated carbocycles. The van der Waals surface area contributed by atoms with Gasteiger partial charge in [-0.2, -0.15) is 0 Å². The normalized spacial score (nSPS) is 14.0. The molecule has 174 valence electrons. The van der Waals surface area contributed by atoms with E-state index in [0.717, 1.165) is 34.0 Å². The maximum Gasteiger partial charge on any atom is 0.319 e. The summed E-state index contributed by atoms with van der Waals surface area (Å²) in [6.07, 6.45) is 0.912. The van der Waals surface area contributed by atoms with E-state index in [-0.39, 0.29) is 11.9 Å². The van der Waals surface area contributed by atoms with E-state index in [1.165, 1.54) is 0 Å². The molecular formula is C26H32N4O3. The average Bonchev–Trinajstić information content (AvgIpc) is 3.19. The summed E-state index contributed by atoms with van der Waals surface area (Å²) in [5.74, 6) is 0.458. The van der Waals surface area contributed by atoms with Crippen LogP contribution in [0.25, 0.3) is 22.0 Å². The number of fused-ring (bicyclic) bond motifs is 1. The molecule has 0 bridgehead atoms. The van der Waals surface area contributed by atoms with Crippen LogP contribution in [-0.4, -0.2) is 54.7 Å². The quantitative estimate of drug-likeness (QED) is 0.507. The van der Waals surface area contributed by atoms with Crippen LogP contribution in [0, 0.1) is 12.8 Å². The Hall–Kier alpha value is -3.32. The molecule has 1 aliphatic heterocycles. The Bertz CT molecular complexity index is 1130. The Morgan fingerprint density at radius 2 is 1.85 bits per heavy atom.